The van der Waals surface area contributed by atoms with Crippen LogP contribution in [-0.4, -0.2) is 52.2 Å². The van der Waals surface area contributed by atoms with Crippen molar-refractivity contribution in [2.75, 3.05) is 37.4 Å². The molecule has 194 valence electrons. The molecular weight excluding hydrogens is 521 g/mol. The van der Waals surface area contributed by atoms with Crippen molar-refractivity contribution in [1.29, 1.82) is 5.26 Å². The summed E-state index contributed by atoms with van der Waals surface area (Å²) in [5.74, 6) is 0.286. The lowest BCUT2D eigenvalue weighted by molar-refractivity contribution is 0.137. The summed E-state index contributed by atoms with van der Waals surface area (Å²) in [5.41, 5.74) is 2.54. The molecule has 0 aliphatic carbocycles. The van der Waals surface area contributed by atoms with Crippen LogP contribution >= 0.6 is 23.2 Å². The van der Waals surface area contributed by atoms with Gasteiger partial charge in [-0.3, -0.25) is 9.36 Å². The van der Waals surface area contributed by atoms with E-state index in [0.717, 1.165) is 31.6 Å². The molecule has 0 spiro atoms. The zero-order chi connectivity index (χ0) is 27.0. The third-order valence-electron chi connectivity index (χ3n) is 7.46. The Balaban J connectivity index is 1.40. The van der Waals surface area contributed by atoms with Gasteiger partial charge >= 0.3 is 0 Å². The highest BCUT2D eigenvalue weighted by Crippen LogP contribution is 2.31. The summed E-state index contributed by atoms with van der Waals surface area (Å²) in [4.78, 5) is 26.8. The third-order valence-corrected chi connectivity index (χ3v) is 8.07. The number of hydrogen-bond donors (Lipinski definition) is 1. The maximum atomic E-state index is 13.3. The number of aromatic nitrogens is 3. The molecule has 2 aromatic heterocycles. The number of fused-ring (bicyclic) bond motifs is 1. The van der Waals surface area contributed by atoms with E-state index < -0.39 is 5.56 Å². The number of rotatable bonds is 5. The molecule has 0 atom stereocenters. The Hall–Kier alpha value is -3.64. The van der Waals surface area contributed by atoms with Gasteiger partial charge < -0.3 is 15.1 Å². The first-order valence-electron chi connectivity index (χ1n) is 12.3. The maximum Gasteiger partial charge on any atom is 0.266 e. The van der Waals surface area contributed by atoms with Crippen molar-refractivity contribution < 1.29 is 0 Å². The molecule has 0 unspecified atom stereocenters. The highest BCUT2D eigenvalue weighted by atomic mass is 35.5. The van der Waals surface area contributed by atoms with Gasteiger partial charge in [-0.2, -0.15) is 5.26 Å². The molecule has 0 amide bonds. The SMILES string of the molecule is CN(C)C1(C)CCN(c2ccc(Nc3ncc4c(=O)n(-c5c(Cl)cccc5Cl)cc(C#N)c4n3)cc2)CC1. The fraction of sp³-hybridized carbons (Fsp3) is 0.286. The lowest BCUT2D eigenvalue weighted by Gasteiger charge is -2.44. The monoisotopic (exact) mass is 547 g/mol. The van der Waals surface area contributed by atoms with Gasteiger partial charge in [-0.1, -0.05) is 29.3 Å². The summed E-state index contributed by atoms with van der Waals surface area (Å²) >= 11 is 12.6. The van der Waals surface area contributed by atoms with Crippen LogP contribution in [0.4, 0.5) is 17.3 Å². The molecule has 10 heteroatoms. The van der Waals surface area contributed by atoms with Gasteiger partial charge in [-0.05, 0) is 70.3 Å². The van der Waals surface area contributed by atoms with E-state index in [9.17, 15) is 10.1 Å². The molecule has 1 fully saturated rings. The zero-order valence-corrected chi connectivity index (χ0v) is 22.9. The van der Waals surface area contributed by atoms with Crippen molar-refractivity contribution in [2.24, 2.45) is 0 Å². The van der Waals surface area contributed by atoms with Crippen LogP contribution in [-0.2, 0) is 0 Å². The second kappa shape index (κ2) is 10.3. The molecule has 8 nitrogen and oxygen atoms in total. The molecule has 1 N–H and O–H groups in total. The Morgan fingerprint density at radius 2 is 1.74 bits per heavy atom. The molecule has 3 heterocycles. The molecule has 5 rings (SSSR count). The fourth-order valence-corrected chi connectivity index (χ4v) is 5.31. The Morgan fingerprint density at radius 3 is 2.34 bits per heavy atom. The minimum Gasteiger partial charge on any atom is -0.371 e. The van der Waals surface area contributed by atoms with Crippen LogP contribution in [0.15, 0.2) is 59.7 Å². The van der Waals surface area contributed by atoms with Crippen molar-refractivity contribution in [1.82, 2.24) is 19.4 Å². The van der Waals surface area contributed by atoms with Crippen LogP contribution in [0, 0.1) is 11.3 Å². The van der Waals surface area contributed by atoms with Gasteiger partial charge in [0.1, 0.15) is 11.6 Å². The molecule has 0 radical (unpaired) electrons. The van der Waals surface area contributed by atoms with E-state index in [1.165, 1.54) is 22.6 Å². The lowest BCUT2D eigenvalue weighted by Crippen LogP contribution is -2.50. The Morgan fingerprint density at radius 1 is 1.08 bits per heavy atom. The van der Waals surface area contributed by atoms with Crippen molar-refractivity contribution in [2.45, 2.75) is 25.3 Å². The van der Waals surface area contributed by atoms with Crippen LogP contribution in [0.1, 0.15) is 25.3 Å². The number of para-hydroxylation sites is 1. The van der Waals surface area contributed by atoms with E-state index in [4.69, 9.17) is 23.2 Å². The van der Waals surface area contributed by atoms with Crippen molar-refractivity contribution in [3.63, 3.8) is 0 Å². The molecule has 4 aromatic rings. The first kappa shape index (κ1) is 26.0. The zero-order valence-electron chi connectivity index (χ0n) is 21.4. The minimum atomic E-state index is -0.420. The van der Waals surface area contributed by atoms with Gasteiger partial charge in [0.05, 0.1) is 26.7 Å². The van der Waals surface area contributed by atoms with E-state index in [2.05, 4.69) is 64.3 Å². The summed E-state index contributed by atoms with van der Waals surface area (Å²) in [6.07, 6.45) is 5.04. The van der Waals surface area contributed by atoms with Crippen LogP contribution in [0.5, 0.6) is 0 Å². The highest BCUT2D eigenvalue weighted by molar-refractivity contribution is 6.37. The quantitative estimate of drug-likeness (QED) is 0.346. The second-order valence-corrected chi connectivity index (χ2v) is 10.7. The van der Waals surface area contributed by atoms with E-state index in [1.54, 1.807) is 18.2 Å². The van der Waals surface area contributed by atoms with Gasteiger partial charge in [-0.15, -0.1) is 0 Å². The molecule has 1 saturated heterocycles. The van der Waals surface area contributed by atoms with E-state index in [0.29, 0.717) is 15.7 Å². The highest BCUT2D eigenvalue weighted by Gasteiger charge is 2.31. The third kappa shape index (κ3) is 4.81. The van der Waals surface area contributed by atoms with Crippen LogP contribution < -0.4 is 15.8 Å². The van der Waals surface area contributed by atoms with Crippen molar-refractivity contribution in [3.8, 4) is 11.8 Å². The van der Waals surface area contributed by atoms with Gasteiger partial charge in [0.2, 0.25) is 5.95 Å². The Labute approximate surface area is 231 Å². The molecule has 0 bridgehead atoms. The largest absolute Gasteiger partial charge is 0.371 e. The summed E-state index contributed by atoms with van der Waals surface area (Å²) in [7, 11) is 4.30. The minimum absolute atomic E-state index is 0.191. The lowest BCUT2D eigenvalue weighted by atomic mass is 9.88. The standard InChI is InChI=1S/C28H27Cl2N7O/c1-28(35(2)3)11-13-36(14-12-28)20-9-7-19(8-10-20)33-27-32-16-21-24(34-27)18(15-31)17-37(26(21)38)25-22(29)5-4-6-23(25)30/h4-10,16-17H,11-14H2,1-3H3,(H,32,33,34). The first-order chi connectivity index (χ1) is 18.2. The first-order valence-corrected chi connectivity index (χ1v) is 13.0. The number of nitrogens with one attached hydrogen (secondary N) is 1. The van der Waals surface area contributed by atoms with Crippen molar-refractivity contribution >= 4 is 51.4 Å². The van der Waals surface area contributed by atoms with Crippen LogP contribution in [0.3, 0.4) is 0 Å². The van der Waals surface area contributed by atoms with Gasteiger partial charge in [-0.25, -0.2) is 9.97 Å². The van der Waals surface area contributed by atoms with Gasteiger partial charge in [0.15, 0.2) is 0 Å². The molecule has 1 aliphatic heterocycles. The predicted octanol–water partition coefficient (Wildman–Crippen LogP) is 5.62. The van der Waals surface area contributed by atoms with E-state index in [1.807, 2.05) is 12.1 Å². The average Bonchev–Trinajstić information content (AvgIpc) is 2.91. The summed E-state index contributed by atoms with van der Waals surface area (Å²) < 4.78 is 1.27. The van der Waals surface area contributed by atoms with Crippen molar-refractivity contribution in [3.05, 3.63) is 80.8 Å². The normalized spacial score (nSPS) is 15.0. The molecular formula is C28H27Cl2N7O. The smallest absolute Gasteiger partial charge is 0.266 e. The van der Waals surface area contributed by atoms with E-state index >= 15 is 0 Å². The number of piperidine rings is 1. The molecule has 38 heavy (non-hydrogen) atoms. The predicted molar refractivity (Wildman–Crippen MR) is 153 cm³/mol. The van der Waals surface area contributed by atoms with Crippen LogP contribution in [0.2, 0.25) is 10.0 Å². The number of pyridine rings is 1. The number of benzene rings is 2. The summed E-state index contributed by atoms with van der Waals surface area (Å²) in [5, 5.41) is 13.8. The molecule has 2 aromatic carbocycles. The van der Waals surface area contributed by atoms with Gasteiger partial charge in [0.25, 0.3) is 5.56 Å². The summed E-state index contributed by atoms with van der Waals surface area (Å²) in [6.45, 7) is 4.33. The maximum absolute atomic E-state index is 13.3. The number of halogens is 2. The number of anilines is 3. The fourth-order valence-electron chi connectivity index (χ4n) is 4.73. The molecule has 1 aliphatic rings. The van der Waals surface area contributed by atoms with Gasteiger partial charge in [0, 0.05) is 42.4 Å². The summed E-state index contributed by atoms with van der Waals surface area (Å²) in [6, 6.07) is 15.2. The molecule has 0 saturated carbocycles. The Kier molecular flexibility index (Phi) is 7.01. The number of nitrogens with zero attached hydrogens (tertiary/aromatic N) is 6. The Bertz CT molecular complexity index is 1580. The topological polar surface area (TPSA) is 90.1 Å². The second-order valence-electron chi connectivity index (χ2n) is 9.91. The number of hydrogen-bond acceptors (Lipinski definition) is 7. The average molecular weight is 548 g/mol. The van der Waals surface area contributed by atoms with E-state index in [-0.39, 0.29) is 28.0 Å². The van der Waals surface area contributed by atoms with Crippen LogP contribution in [0.25, 0.3) is 16.6 Å². The number of nitriles is 1.